The minimum Gasteiger partial charge on any atom is -0.496 e. The second-order valence-electron chi connectivity index (χ2n) is 5.56. The molecule has 21 heavy (non-hydrogen) atoms. The normalized spacial score (nSPS) is 19.2. The Morgan fingerprint density at radius 2 is 1.95 bits per heavy atom. The zero-order valence-corrected chi connectivity index (χ0v) is 13.5. The van der Waals surface area contributed by atoms with E-state index in [0.717, 1.165) is 31.9 Å². The van der Waals surface area contributed by atoms with Gasteiger partial charge in [0.2, 0.25) is 0 Å². The van der Waals surface area contributed by atoms with Crippen molar-refractivity contribution in [3.8, 4) is 5.75 Å². The van der Waals surface area contributed by atoms with Crippen LogP contribution in [0.3, 0.4) is 0 Å². The predicted molar refractivity (Wildman–Crippen MR) is 90.5 cm³/mol. The molecule has 0 spiro atoms. The van der Waals surface area contributed by atoms with Crippen molar-refractivity contribution in [2.24, 2.45) is 0 Å². The second kappa shape index (κ2) is 7.12. The number of methoxy groups -OCH3 is 1. The van der Waals surface area contributed by atoms with Crippen LogP contribution in [0.1, 0.15) is 12.5 Å². The molecule has 0 saturated carbocycles. The van der Waals surface area contributed by atoms with E-state index in [2.05, 4.69) is 53.5 Å². The molecule has 0 aromatic heterocycles. The maximum absolute atomic E-state index is 5.47. The highest BCUT2D eigenvalue weighted by atomic mass is 35.5. The van der Waals surface area contributed by atoms with Gasteiger partial charge in [-0.05, 0) is 23.9 Å². The maximum atomic E-state index is 5.47. The van der Waals surface area contributed by atoms with Crippen LogP contribution in [0.2, 0.25) is 0 Å². The average Bonchev–Trinajstić information content (AvgIpc) is 2.48. The Labute approximate surface area is 132 Å². The number of rotatable bonds is 3. The zero-order chi connectivity index (χ0) is 13.9. The van der Waals surface area contributed by atoms with Crippen molar-refractivity contribution in [1.82, 2.24) is 10.2 Å². The molecular weight excluding hydrogens is 284 g/mol. The Morgan fingerprint density at radius 3 is 2.67 bits per heavy atom. The molecule has 1 fully saturated rings. The average molecular weight is 307 g/mol. The summed E-state index contributed by atoms with van der Waals surface area (Å²) >= 11 is 0. The van der Waals surface area contributed by atoms with Crippen LogP contribution in [0.5, 0.6) is 5.75 Å². The van der Waals surface area contributed by atoms with Gasteiger partial charge in [-0.15, -0.1) is 12.4 Å². The number of halogens is 1. The Morgan fingerprint density at radius 1 is 1.19 bits per heavy atom. The Kier molecular flexibility index (Phi) is 5.45. The van der Waals surface area contributed by atoms with Crippen LogP contribution in [0.25, 0.3) is 10.8 Å². The molecule has 1 aliphatic rings. The largest absolute Gasteiger partial charge is 0.496 e. The number of hydrogen-bond acceptors (Lipinski definition) is 3. The van der Waals surface area contributed by atoms with E-state index in [4.69, 9.17) is 4.74 Å². The SMILES string of the molecule is COc1ccc(CN2CCN[C@H](C)C2)c2ccccc12.Cl. The van der Waals surface area contributed by atoms with Gasteiger partial charge in [-0.25, -0.2) is 0 Å². The Balaban J connectivity index is 0.00000161. The number of piperazine rings is 1. The van der Waals surface area contributed by atoms with E-state index in [1.807, 2.05) is 0 Å². The zero-order valence-electron chi connectivity index (χ0n) is 12.6. The Hall–Kier alpha value is -1.29. The highest BCUT2D eigenvalue weighted by molar-refractivity contribution is 5.91. The van der Waals surface area contributed by atoms with Gasteiger partial charge in [-0.2, -0.15) is 0 Å². The van der Waals surface area contributed by atoms with E-state index in [9.17, 15) is 0 Å². The second-order valence-corrected chi connectivity index (χ2v) is 5.56. The van der Waals surface area contributed by atoms with Crippen LogP contribution in [0, 0.1) is 0 Å². The molecular formula is C17H23ClN2O. The van der Waals surface area contributed by atoms with Gasteiger partial charge in [0.05, 0.1) is 7.11 Å². The van der Waals surface area contributed by atoms with E-state index in [-0.39, 0.29) is 12.4 Å². The first-order valence-corrected chi connectivity index (χ1v) is 7.28. The highest BCUT2D eigenvalue weighted by Crippen LogP contribution is 2.29. The standard InChI is InChI=1S/C17H22N2O.ClH/c1-13-11-19(10-9-18-13)12-14-7-8-17(20-2)16-6-4-3-5-15(14)16;/h3-8,13,18H,9-12H2,1-2H3;1H/t13-;/m1./s1. The van der Waals surface area contributed by atoms with Crippen LogP contribution >= 0.6 is 12.4 Å². The summed E-state index contributed by atoms with van der Waals surface area (Å²) in [6.07, 6.45) is 0. The van der Waals surface area contributed by atoms with Crippen molar-refractivity contribution in [2.75, 3.05) is 26.7 Å². The van der Waals surface area contributed by atoms with E-state index >= 15 is 0 Å². The summed E-state index contributed by atoms with van der Waals surface area (Å²) in [5.74, 6) is 0.957. The van der Waals surface area contributed by atoms with Gasteiger partial charge in [0, 0.05) is 37.6 Å². The third kappa shape index (κ3) is 3.49. The molecule has 3 nitrogen and oxygen atoms in total. The van der Waals surface area contributed by atoms with Gasteiger partial charge in [-0.1, -0.05) is 30.3 Å². The molecule has 1 N–H and O–H groups in total. The number of ether oxygens (including phenoxy) is 1. The van der Waals surface area contributed by atoms with Crippen LogP contribution in [0.15, 0.2) is 36.4 Å². The summed E-state index contributed by atoms with van der Waals surface area (Å²) < 4.78 is 5.47. The third-order valence-corrected chi connectivity index (χ3v) is 4.04. The molecule has 1 aliphatic heterocycles. The summed E-state index contributed by atoms with van der Waals surface area (Å²) in [6, 6.07) is 13.4. The van der Waals surface area contributed by atoms with Gasteiger partial charge in [0.25, 0.3) is 0 Å². The first kappa shape index (κ1) is 16.1. The molecule has 114 valence electrons. The van der Waals surface area contributed by atoms with Crippen LogP contribution in [0.4, 0.5) is 0 Å². The summed E-state index contributed by atoms with van der Waals surface area (Å²) in [6.45, 7) is 6.56. The van der Waals surface area contributed by atoms with Crippen molar-refractivity contribution in [2.45, 2.75) is 19.5 Å². The molecule has 0 radical (unpaired) electrons. The van der Waals surface area contributed by atoms with Gasteiger partial charge in [-0.3, -0.25) is 4.90 Å². The fraction of sp³-hybridized carbons (Fsp3) is 0.412. The van der Waals surface area contributed by atoms with Crippen molar-refractivity contribution in [3.63, 3.8) is 0 Å². The number of fused-ring (bicyclic) bond motifs is 1. The predicted octanol–water partition coefficient (Wildman–Crippen LogP) is 3.06. The summed E-state index contributed by atoms with van der Waals surface area (Å²) in [5, 5.41) is 6.00. The number of benzene rings is 2. The minimum absolute atomic E-state index is 0. The van der Waals surface area contributed by atoms with Gasteiger partial charge in [0.15, 0.2) is 0 Å². The number of nitrogens with zero attached hydrogens (tertiary/aromatic N) is 1. The Bertz CT molecular complexity index is 602. The first-order chi connectivity index (χ1) is 9.78. The molecule has 0 aliphatic carbocycles. The van der Waals surface area contributed by atoms with Crippen molar-refractivity contribution in [3.05, 3.63) is 42.0 Å². The smallest absolute Gasteiger partial charge is 0.126 e. The summed E-state index contributed by atoms with van der Waals surface area (Å²) in [7, 11) is 1.74. The fourth-order valence-corrected chi connectivity index (χ4v) is 3.05. The molecule has 2 aromatic carbocycles. The topological polar surface area (TPSA) is 24.5 Å². The quantitative estimate of drug-likeness (QED) is 0.943. The molecule has 0 amide bonds. The molecule has 4 heteroatoms. The lowest BCUT2D eigenvalue weighted by Gasteiger charge is -2.32. The monoisotopic (exact) mass is 306 g/mol. The lowest BCUT2D eigenvalue weighted by atomic mass is 10.0. The third-order valence-electron chi connectivity index (χ3n) is 4.04. The van der Waals surface area contributed by atoms with Crippen LogP contribution in [-0.2, 0) is 6.54 Å². The van der Waals surface area contributed by atoms with E-state index in [1.54, 1.807) is 7.11 Å². The number of hydrogen-bond donors (Lipinski definition) is 1. The van der Waals surface area contributed by atoms with Crippen LogP contribution < -0.4 is 10.1 Å². The summed E-state index contributed by atoms with van der Waals surface area (Å²) in [4.78, 5) is 2.52. The maximum Gasteiger partial charge on any atom is 0.126 e. The fourth-order valence-electron chi connectivity index (χ4n) is 3.05. The van der Waals surface area contributed by atoms with Gasteiger partial charge >= 0.3 is 0 Å². The van der Waals surface area contributed by atoms with Crippen molar-refractivity contribution in [1.29, 1.82) is 0 Å². The van der Waals surface area contributed by atoms with Crippen molar-refractivity contribution < 1.29 is 4.74 Å². The van der Waals surface area contributed by atoms with E-state index in [0.29, 0.717) is 6.04 Å². The van der Waals surface area contributed by atoms with E-state index < -0.39 is 0 Å². The lowest BCUT2D eigenvalue weighted by molar-refractivity contribution is 0.200. The minimum atomic E-state index is 0. The number of nitrogens with one attached hydrogen (secondary N) is 1. The van der Waals surface area contributed by atoms with Gasteiger partial charge < -0.3 is 10.1 Å². The molecule has 0 unspecified atom stereocenters. The lowest BCUT2D eigenvalue weighted by Crippen LogP contribution is -2.48. The molecule has 1 atom stereocenters. The van der Waals surface area contributed by atoms with Gasteiger partial charge in [0.1, 0.15) is 5.75 Å². The van der Waals surface area contributed by atoms with Crippen LogP contribution in [-0.4, -0.2) is 37.7 Å². The first-order valence-electron chi connectivity index (χ1n) is 7.28. The molecule has 3 rings (SSSR count). The molecule has 1 saturated heterocycles. The van der Waals surface area contributed by atoms with E-state index in [1.165, 1.54) is 16.3 Å². The highest BCUT2D eigenvalue weighted by Gasteiger charge is 2.16. The van der Waals surface area contributed by atoms with Crippen molar-refractivity contribution >= 4 is 23.2 Å². The molecule has 0 bridgehead atoms. The summed E-state index contributed by atoms with van der Waals surface area (Å²) in [5.41, 5.74) is 1.38. The molecule has 1 heterocycles. The molecule has 2 aromatic rings.